The van der Waals surface area contributed by atoms with Crippen LogP contribution >= 0.6 is 28.6 Å². The minimum absolute atomic E-state index is 0. The molecule has 0 saturated heterocycles. The van der Waals surface area contributed by atoms with Gasteiger partial charge in [-0.25, -0.2) is 4.79 Å². The zero-order chi connectivity index (χ0) is 19.0. The van der Waals surface area contributed by atoms with Gasteiger partial charge in [-0.05, 0) is 35.7 Å². The van der Waals surface area contributed by atoms with Gasteiger partial charge in [0.2, 0.25) is 0 Å². The largest absolute Gasteiger partial charge is 0.465 e. The number of aliphatic hydroxyl groups is 1. The van der Waals surface area contributed by atoms with Crippen LogP contribution in [0.1, 0.15) is 24.8 Å². The third-order valence-corrected chi connectivity index (χ3v) is 4.32. The van der Waals surface area contributed by atoms with E-state index in [0.717, 1.165) is 5.56 Å². The standard InChI is InChI=1S/C20H24ClNO4.BrH/c1-15(16-7-6-8-17(21)13-16)14-20(19(24)25-2,22-11-12-23)26-18-9-4-3-5-10-18;/h3-10,13,15,22-23H,11-12,14H2,1-2H3;1H. The average Bonchev–Trinajstić information content (AvgIpc) is 2.66. The van der Waals surface area contributed by atoms with Crippen LogP contribution in [-0.2, 0) is 9.53 Å². The van der Waals surface area contributed by atoms with Gasteiger partial charge in [-0.1, -0.05) is 48.9 Å². The Balaban J connectivity index is 0.00000364. The number of carbonyl (C=O) groups excluding carboxylic acids is 1. The monoisotopic (exact) mass is 457 g/mol. The van der Waals surface area contributed by atoms with E-state index >= 15 is 0 Å². The molecule has 27 heavy (non-hydrogen) atoms. The molecule has 2 aromatic rings. The minimum Gasteiger partial charge on any atom is -0.465 e. The van der Waals surface area contributed by atoms with Crippen LogP contribution in [0.4, 0.5) is 0 Å². The Kier molecular flexibility index (Phi) is 9.80. The third-order valence-electron chi connectivity index (χ3n) is 4.08. The fraction of sp³-hybridized carbons (Fsp3) is 0.350. The Morgan fingerprint density at radius 3 is 2.52 bits per heavy atom. The van der Waals surface area contributed by atoms with Gasteiger partial charge in [0.05, 0.1) is 13.7 Å². The molecule has 2 rings (SSSR count). The van der Waals surface area contributed by atoms with Crippen molar-refractivity contribution in [3.63, 3.8) is 0 Å². The van der Waals surface area contributed by atoms with Crippen LogP contribution in [0.2, 0.25) is 5.02 Å². The van der Waals surface area contributed by atoms with Crippen molar-refractivity contribution in [1.82, 2.24) is 5.32 Å². The molecule has 2 aromatic carbocycles. The Bertz CT molecular complexity index is 716. The number of hydrogen-bond donors (Lipinski definition) is 2. The minimum atomic E-state index is -1.43. The van der Waals surface area contributed by atoms with Gasteiger partial charge >= 0.3 is 5.97 Å². The predicted molar refractivity (Wildman–Crippen MR) is 112 cm³/mol. The fourth-order valence-electron chi connectivity index (χ4n) is 2.82. The lowest BCUT2D eigenvalue weighted by molar-refractivity contribution is -0.164. The lowest BCUT2D eigenvalue weighted by Crippen LogP contribution is -2.58. The van der Waals surface area contributed by atoms with Crippen molar-refractivity contribution in [2.75, 3.05) is 20.3 Å². The molecule has 0 amide bonds. The zero-order valence-electron chi connectivity index (χ0n) is 15.4. The highest BCUT2D eigenvalue weighted by Gasteiger charge is 2.43. The van der Waals surface area contributed by atoms with Crippen LogP contribution in [-0.4, -0.2) is 37.1 Å². The van der Waals surface area contributed by atoms with Gasteiger partial charge in [0.15, 0.2) is 0 Å². The molecular formula is C20H25BrClNO4. The van der Waals surface area contributed by atoms with Crippen LogP contribution in [0.3, 0.4) is 0 Å². The van der Waals surface area contributed by atoms with Crippen molar-refractivity contribution in [3.8, 4) is 5.75 Å². The van der Waals surface area contributed by atoms with E-state index in [1.165, 1.54) is 7.11 Å². The SMILES string of the molecule is Br.COC(=O)C(CC(C)c1cccc(Cl)c1)(NCCO)Oc1ccccc1. The number of carbonyl (C=O) groups is 1. The average molecular weight is 459 g/mol. The van der Waals surface area contributed by atoms with E-state index in [-0.39, 0.29) is 36.1 Å². The number of rotatable bonds is 9. The van der Waals surface area contributed by atoms with Crippen molar-refractivity contribution >= 4 is 34.6 Å². The fourth-order valence-corrected chi connectivity index (χ4v) is 3.02. The number of aliphatic hydroxyl groups excluding tert-OH is 1. The molecule has 0 aromatic heterocycles. The second kappa shape index (κ2) is 11.3. The van der Waals surface area contributed by atoms with E-state index in [1.54, 1.807) is 18.2 Å². The summed E-state index contributed by atoms with van der Waals surface area (Å²) in [6.45, 7) is 2.03. The quantitative estimate of drug-likeness (QED) is 0.440. The van der Waals surface area contributed by atoms with Gasteiger partial charge < -0.3 is 14.6 Å². The van der Waals surface area contributed by atoms with E-state index in [4.69, 9.17) is 21.1 Å². The van der Waals surface area contributed by atoms with E-state index < -0.39 is 11.7 Å². The summed E-state index contributed by atoms with van der Waals surface area (Å²) in [6, 6.07) is 16.5. The number of esters is 1. The second-order valence-corrected chi connectivity index (χ2v) is 6.48. The predicted octanol–water partition coefficient (Wildman–Crippen LogP) is 3.94. The first-order chi connectivity index (χ1) is 12.5. The van der Waals surface area contributed by atoms with Gasteiger partial charge in [0, 0.05) is 18.0 Å². The molecule has 0 saturated carbocycles. The van der Waals surface area contributed by atoms with Crippen molar-refractivity contribution in [2.24, 2.45) is 0 Å². The van der Waals surface area contributed by atoms with Crippen LogP contribution in [0.15, 0.2) is 54.6 Å². The maximum absolute atomic E-state index is 12.7. The Morgan fingerprint density at radius 2 is 1.93 bits per heavy atom. The molecule has 0 spiro atoms. The Morgan fingerprint density at radius 1 is 1.22 bits per heavy atom. The number of halogens is 2. The summed E-state index contributed by atoms with van der Waals surface area (Å²) in [5, 5.41) is 12.9. The summed E-state index contributed by atoms with van der Waals surface area (Å²) >= 11 is 6.09. The first kappa shape index (κ1) is 23.4. The smallest absolute Gasteiger partial charge is 0.366 e. The molecule has 5 nitrogen and oxygen atoms in total. The molecular weight excluding hydrogens is 434 g/mol. The molecule has 0 radical (unpaired) electrons. The summed E-state index contributed by atoms with van der Waals surface area (Å²) in [4.78, 5) is 12.7. The lowest BCUT2D eigenvalue weighted by Gasteiger charge is -2.34. The molecule has 0 aliphatic carbocycles. The molecule has 2 unspecified atom stereocenters. The number of methoxy groups -OCH3 is 1. The first-order valence-corrected chi connectivity index (χ1v) is 8.82. The van der Waals surface area contributed by atoms with E-state index in [0.29, 0.717) is 17.2 Å². The first-order valence-electron chi connectivity index (χ1n) is 8.44. The summed E-state index contributed by atoms with van der Waals surface area (Å²) in [5.74, 6) is -0.0759. The summed E-state index contributed by atoms with van der Waals surface area (Å²) < 4.78 is 11.1. The highest BCUT2D eigenvalue weighted by Crippen LogP contribution is 2.30. The van der Waals surface area contributed by atoms with Crippen LogP contribution in [0, 0.1) is 0 Å². The highest BCUT2D eigenvalue weighted by atomic mass is 79.9. The van der Waals surface area contributed by atoms with Crippen LogP contribution < -0.4 is 10.1 Å². The number of para-hydroxylation sites is 1. The van der Waals surface area contributed by atoms with Gasteiger partial charge in [0.25, 0.3) is 5.72 Å². The summed E-state index contributed by atoms with van der Waals surface area (Å²) in [5.41, 5.74) is -0.450. The zero-order valence-corrected chi connectivity index (χ0v) is 17.8. The third kappa shape index (κ3) is 6.50. The molecule has 0 heterocycles. The maximum Gasteiger partial charge on any atom is 0.366 e. The summed E-state index contributed by atoms with van der Waals surface area (Å²) in [7, 11) is 1.32. The Labute approximate surface area is 175 Å². The molecule has 148 valence electrons. The molecule has 2 N–H and O–H groups in total. The molecule has 0 aliphatic heterocycles. The van der Waals surface area contributed by atoms with Gasteiger partial charge in [-0.2, -0.15) is 0 Å². The number of ether oxygens (including phenoxy) is 2. The van der Waals surface area contributed by atoms with E-state index in [1.807, 2.05) is 43.3 Å². The topological polar surface area (TPSA) is 67.8 Å². The normalized spacial score (nSPS) is 13.8. The van der Waals surface area contributed by atoms with Crippen LogP contribution in [0.25, 0.3) is 0 Å². The molecule has 2 atom stereocenters. The molecule has 7 heteroatoms. The van der Waals surface area contributed by atoms with Crippen molar-refractivity contribution < 1.29 is 19.4 Å². The molecule has 0 aliphatic rings. The van der Waals surface area contributed by atoms with Gasteiger partial charge in [0.1, 0.15) is 5.75 Å². The lowest BCUT2D eigenvalue weighted by atomic mass is 9.91. The summed E-state index contributed by atoms with van der Waals surface area (Å²) in [6.07, 6.45) is 0.301. The second-order valence-electron chi connectivity index (χ2n) is 6.04. The highest BCUT2D eigenvalue weighted by molar-refractivity contribution is 8.93. The van der Waals surface area contributed by atoms with Crippen molar-refractivity contribution in [3.05, 3.63) is 65.2 Å². The number of hydrogen-bond acceptors (Lipinski definition) is 5. The van der Waals surface area contributed by atoms with Gasteiger partial charge in [-0.15, -0.1) is 17.0 Å². The molecule has 0 bridgehead atoms. The van der Waals surface area contributed by atoms with E-state index in [9.17, 15) is 9.90 Å². The van der Waals surface area contributed by atoms with E-state index in [2.05, 4.69) is 5.32 Å². The van der Waals surface area contributed by atoms with Gasteiger partial charge in [-0.3, -0.25) is 5.32 Å². The molecule has 0 fully saturated rings. The Hall–Kier alpha value is -1.60. The van der Waals surface area contributed by atoms with Crippen molar-refractivity contribution in [1.29, 1.82) is 0 Å². The van der Waals surface area contributed by atoms with Crippen LogP contribution in [0.5, 0.6) is 5.75 Å². The van der Waals surface area contributed by atoms with Crippen molar-refractivity contribution in [2.45, 2.75) is 25.0 Å². The number of nitrogens with one attached hydrogen (secondary N) is 1. The number of benzene rings is 2. The maximum atomic E-state index is 12.7.